The Hall–Kier alpha value is -1.55. The molecule has 1 heterocycles. The first-order chi connectivity index (χ1) is 10.7. The highest BCUT2D eigenvalue weighted by Crippen LogP contribution is 2.49. The van der Waals surface area contributed by atoms with E-state index in [1.807, 2.05) is 12.1 Å². The lowest BCUT2D eigenvalue weighted by Crippen LogP contribution is -2.13. The predicted octanol–water partition coefficient (Wildman–Crippen LogP) is 4.38. The number of halogens is 1. The minimum absolute atomic E-state index is 0.553. The SMILES string of the molecule is COc1ccc(Cl)cc1-c1noc(CC2CC3CCC2C3)n1. The maximum atomic E-state index is 6.07. The topological polar surface area (TPSA) is 48.2 Å². The Morgan fingerprint density at radius 1 is 1.32 bits per heavy atom. The molecule has 5 heteroatoms. The lowest BCUT2D eigenvalue weighted by atomic mass is 9.86. The number of hydrogen-bond acceptors (Lipinski definition) is 4. The van der Waals surface area contributed by atoms with E-state index < -0.39 is 0 Å². The third-order valence-electron chi connectivity index (χ3n) is 5.19. The van der Waals surface area contributed by atoms with Crippen molar-refractivity contribution >= 4 is 11.6 Å². The van der Waals surface area contributed by atoms with E-state index in [0.717, 1.165) is 29.7 Å². The Morgan fingerprint density at radius 3 is 2.95 bits per heavy atom. The molecular weight excluding hydrogens is 300 g/mol. The van der Waals surface area contributed by atoms with Gasteiger partial charge >= 0.3 is 0 Å². The fraction of sp³-hybridized carbons (Fsp3) is 0.529. The van der Waals surface area contributed by atoms with E-state index in [1.54, 1.807) is 13.2 Å². The van der Waals surface area contributed by atoms with Crippen molar-refractivity contribution in [3.05, 3.63) is 29.1 Å². The summed E-state index contributed by atoms with van der Waals surface area (Å²) in [5.74, 6) is 4.50. The van der Waals surface area contributed by atoms with Crippen LogP contribution in [0.4, 0.5) is 0 Å². The average molecular weight is 319 g/mol. The van der Waals surface area contributed by atoms with Crippen molar-refractivity contribution in [2.24, 2.45) is 17.8 Å². The van der Waals surface area contributed by atoms with Crippen LogP contribution in [0.3, 0.4) is 0 Å². The van der Waals surface area contributed by atoms with Gasteiger partial charge in [-0.3, -0.25) is 0 Å². The molecule has 0 amide bonds. The number of ether oxygens (including phenoxy) is 1. The van der Waals surface area contributed by atoms with Gasteiger partial charge in [0.25, 0.3) is 0 Å². The number of rotatable bonds is 4. The lowest BCUT2D eigenvalue weighted by Gasteiger charge is -2.19. The standard InChI is InChI=1S/C17H19ClN2O2/c1-21-15-5-4-13(18)9-14(15)17-19-16(22-20-17)8-12-7-10-2-3-11(12)6-10/h4-5,9-12H,2-3,6-8H2,1H3. The Labute approximate surface area is 134 Å². The molecule has 0 aliphatic heterocycles. The summed E-state index contributed by atoms with van der Waals surface area (Å²) in [6.45, 7) is 0. The summed E-state index contributed by atoms with van der Waals surface area (Å²) in [4.78, 5) is 4.56. The van der Waals surface area contributed by atoms with Gasteiger partial charge in [0.1, 0.15) is 5.75 Å². The molecule has 4 nitrogen and oxygen atoms in total. The second-order valence-electron chi connectivity index (χ2n) is 6.50. The van der Waals surface area contributed by atoms with Gasteiger partial charge in [-0.25, -0.2) is 0 Å². The second kappa shape index (κ2) is 5.58. The fourth-order valence-corrected chi connectivity index (χ4v) is 4.32. The molecule has 22 heavy (non-hydrogen) atoms. The van der Waals surface area contributed by atoms with Crippen LogP contribution in [0.5, 0.6) is 5.75 Å². The molecule has 0 spiro atoms. The van der Waals surface area contributed by atoms with Crippen LogP contribution in [0.15, 0.2) is 22.7 Å². The van der Waals surface area contributed by atoms with Gasteiger partial charge < -0.3 is 9.26 Å². The number of aromatic nitrogens is 2. The number of hydrogen-bond donors (Lipinski definition) is 0. The Bertz CT molecular complexity index is 685. The monoisotopic (exact) mass is 318 g/mol. The minimum atomic E-state index is 0.553. The number of benzene rings is 1. The number of fused-ring (bicyclic) bond motifs is 2. The highest BCUT2D eigenvalue weighted by Gasteiger charge is 2.40. The number of nitrogens with zero attached hydrogens (tertiary/aromatic N) is 2. The quantitative estimate of drug-likeness (QED) is 0.839. The summed E-state index contributed by atoms with van der Waals surface area (Å²) < 4.78 is 10.8. The summed E-state index contributed by atoms with van der Waals surface area (Å²) in [5.41, 5.74) is 0.776. The van der Waals surface area contributed by atoms with Gasteiger partial charge in [0.05, 0.1) is 12.7 Å². The van der Waals surface area contributed by atoms with Crippen LogP contribution < -0.4 is 4.74 Å². The molecule has 1 aromatic carbocycles. The average Bonchev–Trinajstić information content (AvgIpc) is 3.24. The molecule has 4 rings (SSSR count). The molecule has 1 aromatic heterocycles. The van der Waals surface area contributed by atoms with Crippen LogP contribution in [-0.4, -0.2) is 17.3 Å². The van der Waals surface area contributed by atoms with Gasteiger partial charge in [0.2, 0.25) is 11.7 Å². The zero-order valence-electron chi connectivity index (χ0n) is 12.6. The zero-order valence-corrected chi connectivity index (χ0v) is 13.3. The molecule has 2 aromatic rings. The predicted molar refractivity (Wildman–Crippen MR) is 83.9 cm³/mol. The molecule has 3 unspecified atom stereocenters. The van der Waals surface area contributed by atoms with E-state index in [-0.39, 0.29) is 0 Å². The van der Waals surface area contributed by atoms with Gasteiger partial charge in [-0.15, -0.1) is 0 Å². The molecule has 116 valence electrons. The molecule has 2 saturated carbocycles. The Balaban J connectivity index is 1.55. The number of methoxy groups -OCH3 is 1. The fourth-order valence-electron chi connectivity index (χ4n) is 4.15. The van der Waals surface area contributed by atoms with Crippen molar-refractivity contribution in [1.29, 1.82) is 0 Å². The Kier molecular flexibility index (Phi) is 3.57. The summed E-state index contributed by atoms with van der Waals surface area (Å²) in [7, 11) is 1.63. The zero-order chi connectivity index (χ0) is 15.1. The first-order valence-electron chi connectivity index (χ1n) is 7.89. The third kappa shape index (κ3) is 2.50. The van der Waals surface area contributed by atoms with Crippen LogP contribution in [0, 0.1) is 17.8 Å². The normalized spacial score (nSPS) is 26.5. The summed E-state index contributed by atoms with van der Waals surface area (Å²) >= 11 is 6.07. The van der Waals surface area contributed by atoms with Crippen LogP contribution in [0.25, 0.3) is 11.4 Å². The minimum Gasteiger partial charge on any atom is -0.496 e. The third-order valence-corrected chi connectivity index (χ3v) is 5.43. The van der Waals surface area contributed by atoms with Crippen molar-refractivity contribution in [3.8, 4) is 17.1 Å². The lowest BCUT2D eigenvalue weighted by molar-refractivity contribution is 0.288. The van der Waals surface area contributed by atoms with Crippen molar-refractivity contribution in [3.63, 3.8) is 0 Å². The first-order valence-corrected chi connectivity index (χ1v) is 8.27. The van der Waals surface area contributed by atoms with Gasteiger partial charge in [-0.2, -0.15) is 4.98 Å². The van der Waals surface area contributed by atoms with E-state index in [0.29, 0.717) is 22.5 Å². The van der Waals surface area contributed by atoms with E-state index in [1.165, 1.54) is 25.7 Å². The maximum Gasteiger partial charge on any atom is 0.227 e. The summed E-state index contributed by atoms with van der Waals surface area (Å²) in [6.07, 6.45) is 6.40. The molecule has 0 radical (unpaired) electrons. The van der Waals surface area contributed by atoms with E-state index in [4.69, 9.17) is 20.9 Å². The molecule has 0 N–H and O–H groups in total. The largest absolute Gasteiger partial charge is 0.496 e. The molecular formula is C17H19ClN2O2. The van der Waals surface area contributed by atoms with E-state index >= 15 is 0 Å². The van der Waals surface area contributed by atoms with Gasteiger partial charge in [-0.1, -0.05) is 23.2 Å². The van der Waals surface area contributed by atoms with Crippen molar-refractivity contribution in [2.75, 3.05) is 7.11 Å². The van der Waals surface area contributed by atoms with Crippen LogP contribution in [0.1, 0.15) is 31.6 Å². The molecule has 3 atom stereocenters. The maximum absolute atomic E-state index is 6.07. The van der Waals surface area contributed by atoms with Crippen LogP contribution in [-0.2, 0) is 6.42 Å². The van der Waals surface area contributed by atoms with E-state index in [9.17, 15) is 0 Å². The van der Waals surface area contributed by atoms with Crippen LogP contribution >= 0.6 is 11.6 Å². The second-order valence-corrected chi connectivity index (χ2v) is 6.93. The smallest absolute Gasteiger partial charge is 0.227 e. The molecule has 0 saturated heterocycles. The van der Waals surface area contributed by atoms with Crippen molar-refractivity contribution < 1.29 is 9.26 Å². The van der Waals surface area contributed by atoms with Crippen molar-refractivity contribution in [1.82, 2.24) is 10.1 Å². The van der Waals surface area contributed by atoms with Gasteiger partial charge in [-0.05, 0) is 55.2 Å². The first kappa shape index (κ1) is 14.1. The Morgan fingerprint density at radius 2 is 2.23 bits per heavy atom. The summed E-state index contributed by atoms with van der Waals surface area (Å²) in [5, 5.41) is 4.75. The van der Waals surface area contributed by atoms with Gasteiger partial charge in [0.15, 0.2) is 0 Å². The molecule has 2 aliphatic carbocycles. The molecule has 2 fully saturated rings. The van der Waals surface area contributed by atoms with E-state index in [2.05, 4.69) is 10.1 Å². The molecule has 2 aliphatic rings. The summed E-state index contributed by atoms with van der Waals surface area (Å²) in [6, 6.07) is 5.43. The van der Waals surface area contributed by atoms with Crippen molar-refractivity contribution in [2.45, 2.75) is 32.1 Å². The highest BCUT2D eigenvalue weighted by molar-refractivity contribution is 6.30. The highest BCUT2D eigenvalue weighted by atomic mass is 35.5. The molecule has 2 bridgehead atoms. The van der Waals surface area contributed by atoms with Gasteiger partial charge in [0, 0.05) is 11.4 Å². The van der Waals surface area contributed by atoms with Crippen LogP contribution in [0.2, 0.25) is 5.02 Å².